The van der Waals surface area contributed by atoms with Gasteiger partial charge in [0.15, 0.2) is 0 Å². The Morgan fingerprint density at radius 2 is 2.12 bits per heavy atom. The Morgan fingerprint density at radius 1 is 1.47 bits per heavy atom. The van der Waals surface area contributed by atoms with Crippen LogP contribution in [-0.4, -0.2) is 10.7 Å². The molecule has 0 atom stereocenters. The highest BCUT2D eigenvalue weighted by Gasteiger charge is 2.46. The number of carbonyl (C=O) groups is 1. The smallest absolute Gasteiger partial charge is 0.300 e. The van der Waals surface area contributed by atoms with Gasteiger partial charge in [0.1, 0.15) is 5.78 Å². The summed E-state index contributed by atoms with van der Waals surface area (Å²) in [6.45, 7) is 0. The number of halogens is 1. The fraction of sp³-hybridized carbons (Fsp3) is 0.273. The second-order valence-corrected chi connectivity index (χ2v) is 4.01. The number of nitro benzene ring substituents is 1. The first-order valence-electron chi connectivity index (χ1n) is 4.86. The number of hydrogen-bond donors (Lipinski definition) is 0. The summed E-state index contributed by atoms with van der Waals surface area (Å²) < 4.78 is 13.1. The number of Topliss-reactive ketones (excluding diaryl/α,β-unsaturated/α-hetero) is 1. The quantitative estimate of drug-likeness (QED) is 0.577. The molecule has 1 saturated carbocycles. The van der Waals surface area contributed by atoms with Gasteiger partial charge in [-0.3, -0.25) is 14.9 Å². The van der Waals surface area contributed by atoms with Crippen LogP contribution in [0.2, 0.25) is 0 Å². The van der Waals surface area contributed by atoms with Gasteiger partial charge in [0.25, 0.3) is 0 Å². The molecule has 1 aliphatic rings. The maximum absolute atomic E-state index is 13.1. The van der Waals surface area contributed by atoms with Gasteiger partial charge in [-0.2, -0.15) is 9.65 Å². The molecule has 2 rings (SSSR count). The van der Waals surface area contributed by atoms with Crippen LogP contribution in [0.15, 0.2) is 18.2 Å². The standard InChI is InChI=1S/C11H7FN2O3/c12-9-2-1-7(3-10(9)14(16)17)11(6-13)4-8(15)5-11/h1-3H,4-5H2. The van der Waals surface area contributed by atoms with E-state index >= 15 is 0 Å². The van der Waals surface area contributed by atoms with E-state index in [1.807, 2.05) is 6.07 Å². The van der Waals surface area contributed by atoms with Crippen molar-refractivity contribution in [2.24, 2.45) is 0 Å². The predicted molar refractivity (Wildman–Crippen MR) is 54.6 cm³/mol. The molecule has 0 aliphatic heterocycles. The molecular weight excluding hydrogens is 227 g/mol. The minimum absolute atomic E-state index is 0.0340. The molecular formula is C11H7FN2O3. The van der Waals surface area contributed by atoms with Gasteiger partial charge in [-0.15, -0.1) is 0 Å². The summed E-state index contributed by atoms with van der Waals surface area (Å²) in [5.74, 6) is -1.02. The lowest BCUT2D eigenvalue weighted by atomic mass is 9.64. The zero-order valence-corrected chi connectivity index (χ0v) is 8.64. The van der Waals surface area contributed by atoms with E-state index in [-0.39, 0.29) is 18.6 Å². The van der Waals surface area contributed by atoms with Gasteiger partial charge < -0.3 is 0 Å². The SMILES string of the molecule is N#CC1(c2ccc(F)c([N+](=O)[O-])c2)CC(=O)C1. The van der Waals surface area contributed by atoms with E-state index in [0.717, 1.165) is 12.1 Å². The number of nitro groups is 1. The molecule has 1 fully saturated rings. The van der Waals surface area contributed by atoms with Crippen molar-refractivity contribution in [3.63, 3.8) is 0 Å². The van der Waals surface area contributed by atoms with Gasteiger partial charge in [0.2, 0.25) is 5.82 Å². The monoisotopic (exact) mass is 234 g/mol. The molecule has 0 heterocycles. The van der Waals surface area contributed by atoms with E-state index in [0.29, 0.717) is 5.56 Å². The van der Waals surface area contributed by atoms with Crippen LogP contribution in [-0.2, 0) is 10.2 Å². The lowest BCUT2D eigenvalue weighted by molar-refractivity contribution is -0.387. The highest BCUT2D eigenvalue weighted by Crippen LogP contribution is 2.41. The van der Waals surface area contributed by atoms with Gasteiger partial charge >= 0.3 is 5.69 Å². The molecule has 0 bridgehead atoms. The Bertz CT molecular complexity index is 554. The van der Waals surface area contributed by atoms with Crippen molar-refractivity contribution in [1.82, 2.24) is 0 Å². The van der Waals surface area contributed by atoms with E-state index in [1.165, 1.54) is 6.07 Å². The average Bonchev–Trinajstić information content (AvgIpc) is 2.25. The van der Waals surface area contributed by atoms with E-state index in [4.69, 9.17) is 5.26 Å². The van der Waals surface area contributed by atoms with Crippen molar-refractivity contribution in [3.8, 4) is 6.07 Å². The number of rotatable bonds is 2. The first-order valence-corrected chi connectivity index (χ1v) is 4.86. The maximum atomic E-state index is 13.1. The summed E-state index contributed by atoms with van der Waals surface area (Å²) in [6.07, 6.45) is 0.0680. The molecule has 0 radical (unpaired) electrons. The van der Waals surface area contributed by atoms with Crippen molar-refractivity contribution >= 4 is 11.5 Å². The number of hydrogen-bond acceptors (Lipinski definition) is 4. The minimum Gasteiger partial charge on any atom is -0.300 e. The number of benzene rings is 1. The molecule has 17 heavy (non-hydrogen) atoms. The Kier molecular flexibility index (Phi) is 2.39. The second-order valence-electron chi connectivity index (χ2n) is 4.01. The number of ketones is 1. The zero-order valence-electron chi connectivity index (χ0n) is 8.64. The second kappa shape index (κ2) is 3.63. The van der Waals surface area contributed by atoms with Gasteiger partial charge in [-0.1, -0.05) is 6.07 Å². The van der Waals surface area contributed by atoms with Crippen LogP contribution in [0.5, 0.6) is 0 Å². The molecule has 5 nitrogen and oxygen atoms in total. The summed E-state index contributed by atoms with van der Waals surface area (Å²) in [6, 6.07) is 5.29. The molecule has 1 aromatic rings. The van der Waals surface area contributed by atoms with Gasteiger partial charge in [-0.25, -0.2) is 0 Å². The van der Waals surface area contributed by atoms with E-state index in [1.54, 1.807) is 0 Å². The van der Waals surface area contributed by atoms with Gasteiger partial charge in [0.05, 0.1) is 16.4 Å². The fourth-order valence-corrected chi connectivity index (χ4v) is 1.92. The van der Waals surface area contributed by atoms with E-state index in [9.17, 15) is 19.3 Å². The number of carbonyl (C=O) groups excluding carboxylic acids is 1. The Balaban J connectivity index is 2.47. The Hall–Kier alpha value is -2.29. The summed E-state index contributed by atoms with van der Waals surface area (Å²) in [7, 11) is 0. The van der Waals surface area contributed by atoms with Crippen LogP contribution in [0.4, 0.5) is 10.1 Å². The molecule has 0 aromatic heterocycles. The molecule has 0 unspecified atom stereocenters. The van der Waals surface area contributed by atoms with Crippen LogP contribution >= 0.6 is 0 Å². The molecule has 1 aliphatic carbocycles. The third-order valence-electron chi connectivity index (χ3n) is 2.91. The van der Waals surface area contributed by atoms with Crippen LogP contribution in [0.1, 0.15) is 18.4 Å². The highest BCUT2D eigenvalue weighted by molar-refractivity contribution is 5.90. The molecule has 1 aromatic carbocycles. The van der Waals surface area contributed by atoms with Crippen molar-refractivity contribution < 1.29 is 14.1 Å². The van der Waals surface area contributed by atoms with E-state index < -0.39 is 21.8 Å². The summed E-state index contributed by atoms with van der Waals surface area (Å²) >= 11 is 0. The molecule has 0 spiro atoms. The van der Waals surface area contributed by atoms with Crippen LogP contribution in [0.3, 0.4) is 0 Å². The molecule has 0 amide bonds. The van der Waals surface area contributed by atoms with Crippen LogP contribution in [0, 0.1) is 27.3 Å². The largest absolute Gasteiger partial charge is 0.305 e. The third-order valence-corrected chi connectivity index (χ3v) is 2.91. The van der Waals surface area contributed by atoms with Crippen molar-refractivity contribution in [2.45, 2.75) is 18.3 Å². The molecule has 86 valence electrons. The predicted octanol–water partition coefficient (Wildman–Crippen LogP) is 1.86. The number of nitriles is 1. The molecule has 0 N–H and O–H groups in total. The maximum Gasteiger partial charge on any atom is 0.305 e. The molecule has 0 saturated heterocycles. The first-order chi connectivity index (χ1) is 7.98. The fourth-order valence-electron chi connectivity index (χ4n) is 1.92. The lowest BCUT2D eigenvalue weighted by Crippen LogP contribution is -2.40. The highest BCUT2D eigenvalue weighted by atomic mass is 19.1. The normalized spacial score (nSPS) is 17.1. The Labute approximate surface area is 95.6 Å². The minimum atomic E-state index is -1.02. The van der Waals surface area contributed by atoms with Crippen LogP contribution < -0.4 is 0 Å². The zero-order chi connectivity index (χ0) is 12.6. The van der Waals surface area contributed by atoms with Crippen molar-refractivity contribution in [3.05, 3.63) is 39.7 Å². The van der Waals surface area contributed by atoms with Gasteiger partial charge in [0, 0.05) is 18.9 Å². The number of nitrogens with zero attached hydrogens (tertiary/aromatic N) is 2. The van der Waals surface area contributed by atoms with E-state index in [2.05, 4.69) is 0 Å². The first kappa shape index (κ1) is 11.2. The van der Waals surface area contributed by atoms with Gasteiger partial charge in [-0.05, 0) is 11.6 Å². The average molecular weight is 234 g/mol. The van der Waals surface area contributed by atoms with Crippen molar-refractivity contribution in [1.29, 1.82) is 5.26 Å². The van der Waals surface area contributed by atoms with Crippen LogP contribution in [0.25, 0.3) is 0 Å². The Morgan fingerprint density at radius 3 is 2.59 bits per heavy atom. The van der Waals surface area contributed by atoms with Crippen molar-refractivity contribution in [2.75, 3.05) is 0 Å². The summed E-state index contributed by atoms with van der Waals surface area (Å²) in [5.41, 5.74) is -1.36. The topological polar surface area (TPSA) is 84.0 Å². The lowest BCUT2D eigenvalue weighted by Gasteiger charge is -2.33. The summed E-state index contributed by atoms with van der Waals surface area (Å²) in [5, 5.41) is 19.6. The molecule has 6 heteroatoms. The third kappa shape index (κ3) is 1.65. The summed E-state index contributed by atoms with van der Waals surface area (Å²) in [4.78, 5) is 20.7.